The quantitative estimate of drug-likeness (QED) is 0.102. The SMILES string of the molecule is C=C(C)C(=O)OC(OCCCC(F)(F)C(F)(F)S(=O)(=O)O)(C(=O)NC(C)C(F)(F)F)C(F)(F)F. The summed E-state index contributed by atoms with van der Waals surface area (Å²) in [5.74, 6) is -15.2. The lowest BCUT2D eigenvalue weighted by Gasteiger charge is -2.34. The number of halogens is 10. The highest BCUT2D eigenvalue weighted by molar-refractivity contribution is 7.87. The van der Waals surface area contributed by atoms with E-state index in [9.17, 15) is 61.9 Å². The molecule has 34 heavy (non-hydrogen) atoms. The molecule has 0 saturated heterocycles. The van der Waals surface area contributed by atoms with Gasteiger partial charge in [0.05, 0.1) is 6.61 Å². The summed E-state index contributed by atoms with van der Waals surface area (Å²) in [7, 11) is -6.67. The Morgan fingerprint density at radius 1 is 1.03 bits per heavy atom. The van der Waals surface area contributed by atoms with Gasteiger partial charge < -0.3 is 14.8 Å². The van der Waals surface area contributed by atoms with E-state index in [4.69, 9.17) is 4.55 Å². The van der Waals surface area contributed by atoms with Crippen molar-refractivity contribution in [2.75, 3.05) is 6.61 Å². The first kappa shape index (κ1) is 31.9. The number of carbonyl (C=O) groups excluding carboxylic acids is 2. The summed E-state index contributed by atoms with van der Waals surface area (Å²) in [6.07, 6.45) is -15.3. The van der Waals surface area contributed by atoms with Gasteiger partial charge in [0.25, 0.3) is 0 Å². The van der Waals surface area contributed by atoms with Crippen LogP contribution in [0.25, 0.3) is 0 Å². The highest BCUT2D eigenvalue weighted by atomic mass is 32.2. The molecule has 0 aliphatic carbocycles. The Bertz CT molecular complexity index is 885. The van der Waals surface area contributed by atoms with Gasteiger partial charge in [-0.15, -0.1) is 0 Å². The first-order valence-electron chi connectivity index (χ1n) is 8.53. The average molecular weight is 545 g/mol. The zero-order valence-electron chi connectivity index (χ0n) is 17.0. The second-order valence-electron chi connectivity index (χ2n) is 6.67. The molecule has 19 heteroatoms. The zero-order chi connectivity index (χ0) is 27.6. The van der Waals surface area contributed by atoms with E-state index in [0.717, 1.165) is 12.2 Å². The average Bonchev–Trinajstić information content (AvgIpc) is 2.60. The van der Waals surface area contributed by atoms with Crippen LogP contribution in [-0.2, 0) is 29.2 Å². The van der Waals surface area contributed by atoms with Gasteiger partial charge in [-0.1, -0.05) is 6.58 Å². The maximum atomic E-state index is 13.6. The molecule has 0 heterocycles. The predicted octanol–water partition coefficient (Wildman–Crippen LogP) is 3.34. The Kier molecular flexibility index (Phi) is 9.58. The van der Waals surface area contributed by atoms with Gasteiger partial charge in [-0.3, -0.25) is 9.35 Å². The van der Waals surface area contributed by atoms with Crippen LogP contribution in [0.4, 0.5) is 43.9 Å². The van der Waals surface area contributed by atoms with Gasteiger partial charge in [0.1, 0.15) is 6.04 Å². The van der Waals surface area contributed by atoms with Crippen LogP contribution in [0.3, 0.4) is 0 Å². The van der Waals surface area contributed by atoms with E-state index >= 15 is 0 Å². The summed E-state index contributed by atoms with van der Waals surface area (Å²) in [5, 5.41) is -5.26. The van der Waals surface area contributed by atoms with E-state index < -0.39 is 82.4 Å². The molecule has 0 fully saturated rings. The molecule has 0 saturated carbocycles. The van der Waals surface area contributed by atoms with Crippen molar-refractivity contribution in [3.05, 3.63) is 12.2 Å². The molecule has 200 valence electrons. The van der Waals surface area contributed by atoms with Crippen LogP contribution in [-0.4, -0.2) is 66.8 Å². The molecule has 2 unspecified atom stereocenters. The van der Waals surface area contributed by atoms with Gasteiger partial charge in [0.15, 0.2) is 0 Å². The van der Waals surface area contributed by atoms with Gasteiger partial charge in [0.2, 0.25) is 0 Å². The van der Waals surface area contributed by atoms with Gasteiger partial charge in [0, 0.05) is 12.0 Å². The Labute approximate surface area is 185 Å². The summed E-state index contributed by atoms with van der Waals surface area (Å²) in [4.78, 5) is 23.7. The number of hydrogen-bond donors (Lipinski definition) is 2. The maximum absolute atomic E-state index is 13.6. The lowest BCUT2D eigenvalue weighted by atomic mass is 10.1. The smallest absolute Gasteiger partial charge is 0.412 e. The van der Waals surface area contributed by atoms with Crippen LogP contribution in [0.5, 0.6) is 0 Å². The van der Waals surface area contributed by atoms with Gasteiger partial charge in [-0.05, 0) is 20.3 Å². The summed E-state index contributed by atoms with van der Waals surface area (Å²) in [6.45, 7) is 2.04. The first-order valence-corrected chi connectivity index (χ1v) is 9.97. The molecular formula is C15H17F10NO7S. The first-order chi connectivity index (χ1) is 14.8. The van der Waals surface area contributed by atoms with Crippen molar-refractivity contribution in [2.24, 2.45) is 0 Å². The minimum Gasteiger partial charge on any atom is -0.412 e. The number of rotatable bonds is 11. The zero-order valence-corrected chi connectivity index (χ0v) is 17.8. The standard InChI is InChI=1S/C15H17F10NO7S/c1-7(2)9(27)33-12(14(21,22)23,10(28)26-8(3)13(18,19)20)32-6-4-5-11(16,17)15(24,25)34(29,30)31/h8H,1,4-6H2,2-3H3,(H,26,28)(H,29,30,31). The molecule has 0 radical (unpaired) electrons. The van der Waals surface area contributed by atoms with Crippen LogP contribution in [0.2, 0.25) is 0 Å². The highest BCUT2D eigenvalue weighted by Gasteiger charge is 2.68. The molecule has 8 nitrogen and oxygen atoms in total. The summed E-state index contributed by atoms with van der Waals surface area (Å²) < 4.78 is 169. The van der Waals surface area contributed by atoms with Crippen LogP contribution < -0.4 is 5.32 Å². The molecule has 0 bridgehead atoms. The second kappa shape index (κ2) is 10.2. The fourth-order valence-corrected chi connectivity index (χ4v) is 2.32. The van der Waals surface area contributed by atoms with Crippen molar-refractivity contribution >= 4 is 22.0 Å². The number of carbonyl (C=O) groups is 2. The van der Waals surface area contributed by atoms with Crippen LogP contribution in [0.1, 0.15) is 26.7 Å². The van der Waals surface area contributed by atoms with E-state index in [2.05, 4.69) is 16.1 Å². The largest absolute Gasteiger partial charge is 0.466 e. The lowest BCUT2D eigenvalue weighted by molar-refractivity contribution is -0.348. The van der Waals surface area contributed by atoms with Crippen molar-refractivity contribution in [1.29, 1.82) is 0 Å². The molecule has 2 N–H and O–H groups in total. The maximum Gasteiger partial charge on any atom is 0.466 e. The normalized spacial score (nSPS) is 16.4. The molecule has 0 aliphatic heterocycles. The summed E-state index contributed by atoms with van der Waals surface area (Å²) in [5.41, 5.74) is -0.812. The fourth-order valence-electron chi connectivity index (χ4n) is 1.85. The van der Waals surface area contributed by atoms with Crippen LogP contribution in [0.15, 0.2) is 12.2 Å². The van der Waals surface area contributed by atoms with Gasteiger partial charge >= 0.3 is 51.3 Å². The van der Waals surface area contributed by atoms with Crippen LogP contribution in [0, 0.1) is 0 Å². The number of ether oxygens (including phenoxy) is 2. The van der Waals surface area contributed by atoms with Gasteiger partial charge in [-0.25, -0.2) is 4.79 Å². The number of esters is 1. The topological polar surface area (TPSA) is 119 Å². The molecule has 0 rings (SSSR count). The van der Waals surface area contributed by atoms with Crippen molar-refractivity contribution in [3.63, 3.8) is 0 Å². The molecule has 0 spiro atoms. The Morgan fingerprint density at radius 3 is 1.85 bits per heavy atom. The predicted molar refractivity (Wildman–Crippen MR) is 90.0 cm³/mol. The van der Waals surface area contributed by atoms with Crippen molar-refractivity contribution in [2.45, 2.75) is 62.0 Å². The Balaban J connectivity index is 6.00. The number of hydrogen-bond acceptors (Lipinski definition) is 6. The third-order valence-electron chi connectivity index (χ3n) is 3.79. The second-order valence-corrected chi connectivity index (χ2v) is 8.13. The van der Waals surface area contributed by atoms with E-state index in [1.807, 2.05) is 0 Å². The summed E-state index contributed by atoms with van der Waals surface area (Å²) >= 11 is 0. The molecule has 1 amide bonds. The van der Waals surface area contributed by atoms with E-state index in [-0.39, 0.29) is 6.92 Å². The summed E-state index contributed by atoms with van der Waals surface area (Å²) in [6, 6.07) is -2.97. The van der Waals surface area contributed by atoms with Gasteiger partial charge in [-0.2, -0.15) is 52.3 Å². The lowest BCUT2D eigenvalue weighted by Crippen LogP contribution is -2.64. The van der Waals surface area contributed by atoms with Crippen molar-refractivity contribution in [1.82, 2.24) is 5.32 Å². The van der Waals surface area contributed by atoms with Crippen molar-refractivity contribution < 1.29 is 75.9 Å². The van der Waals surface area contributed by atoms with E-state index in [1.54, 1.807) is 0 Å². The Morgan fingerprint density at radius 2 is 1.50 bits per heavy atom. The monoisotopic (exact) mass is 545 g/mol. The third-order valence-corrected chi connectivity index (χ3v) is 4.73. The molecule has 2 atom stereocenters. The fraction of sp³-hybridized carbons (Fsp3) is 0.733. The molecule has 0 aromatic rings. The highest BCUT2D eigenvalue weighted by Crippen LogP contribution is 2.42. The minimum atomic E-state index is -6.67. The molecule has 0 aromatic carbocycles. The molecule has 0 aliphatic rings. The number of nitrogens with one attached hydrogen (secondary N) is 1. The Hall–Kier alpha value is -2.15. The van der Waals surface area contributed by atoms with E-state index in [1.165, 1.54) is 0 Å². The molecular weight excluding hydrogens is 528 g/mol. The van der Waals surface area contributed by atoms with Crippen LogP contribution >= 0.6 is 0 Å². The van der Waals surface area contributed by atoms with E-state index in [0.29, 0.717) is 0 Å². The van der Waals surface area contributed by atoms with Crippen molar-refractivity contribution in [3.8, 4) is 0 Å². The third kappa shape index (κ3) is 7.17. The minimum absolute atomic E-state index is 0.192. The number of amides is 1. The molecule has 0 aromatic heterocycles. The number of alkyl halides is 10.